The first-order chi connectivity index (χ1) is 23.9. The van der Waals surface area contributed by atoms with Crippen molar-refractivity contribution in [2.75, 3.05) is 18.9 Å². The van der Waals surface area contributed by atoms with E-state index in [2.05, 4.69) is 20.6 Å². The number of carboxylic acids is 2. The molecular weight excluding hydrogens is 638 g/mol. The third-order valence-electron chi connectivity index (χ3n) is 10.7. The largest absolute Gasteiger partial charge is 0.478 e. The number of aromatic nitrogens is 2. The first kappa shape index (κ1) is 33.0. The van der Waals surface area contributed by atoms with Gasteiger partial charge in [0.1, 0.15) is 6.04 Å². The molecule has 3 amide bonds. The van der Waals surface area contributed by atoms with E-state index in [1.807, 2.05) is 6.07 Å². The molecular formula is C38H39N5O7. The minimum absolute atomic E-state index is 0.0558. The number of aromatic carboxylic acids is 2. The number of fused-ring (bicyclic) bond motifs is 1. The molecule has 0 saturated heterocycles. The van der Waals surface area contributed by atoms with Crippen LogP contribution >= 0.6 is 0 Å². The molecule has 4 aliphatic rings. The zero-order valence-corrected chi connectivity index (χ0v) is 27.6. The van der Waals surface area contributed by atoms with Crippen LogP contribution in [0, 0.1) is 23.2 Å². The molecule has 4 aliphatic carbocycles. The van der Waals surface area contributed by atoms with Gasteiger partial charge in [-0.2, -0.15) is 0 Å². The number of aromatic amines is 1. The van der Waals surface area contributed by atoms with Gasteiger partial charge < -0.3 is 30.7 Å². The lowest BCUT2D eigenvalue weighted by Gasteiger charge is -2.57. The number of H-pyrrole nitrogens is 1. The molecule has 0 unspecified atom stereocenters. The van der Waals surface area contributed by atoms with Crippen LogP contribution in [0.2, 0.25) is 0 Å². The lowest BCUT2D eigenvalue weighted by atomic mass is 9.49. The van der Waals surface area contributed by atoms with E-state index in [-0.39, 0.29) is 45.7 Å². The highest BCUT2D eigenvalue weighted by Gasteiger charge is 2.51. The summed E-state index contributed by atoms with van der Waals surface area (Å²) >= 11 is 0. The second-order valence-electron chi connectivity index (χ2n) is 14.5. The van der Waals surface area contributed by atoms with Crippen molar-refractivity contribution in [3.8, 4) is 0 Å². The van der Waals surface area contributed by atoms with Crippen molar-refractivity contribution in [2.45, 2.75) is 51.0 Å². The SMILES string of the molecule is CN(CC12CC3CC(CC(C3)C1)C2)C(=O)c1cc2[nH]cnc2cc1C(=O)N[C@@H](Cc1ccccc1)C(=O)Nc1cc(C(=O)O)cc(C(=O)O)c1. The highest BCUT2D eigenvalue weighted by Crippen LogP contribution is 2.60. The van der Waals surface area contributed by atoms with Gasteiger partial charge in [0.05, 0.1) is 39.6 Å². The predicted octanol–water partition coefficient (Wildman–Crippen LogP) is 5.23. The van der Waals surface area contributed by atoms with Gasteiger partial charge in [0.25, 0.3) is 11.8 Å². The predicted molar refractivity (Wildman–Crippen MR) is 184 cm³/mol. The normalized spacial score (nSPS) is 22.5. The Morgan fingerprint density at radius 2 is 1.50 bits per heavy atom. The van der Waals surface area contributed by atoms with E-state index in [1.165, 1.54) is 25.6 Å². The number of rotatable bonds is 11. The van der Waals surface area contributed by atoms with Gasteiger partial charge in [0.2, 0.25) is 5.91 Å². The third-order valence-corrected chi connectivity index (χ3v) is 10.7. The average Bonchev–Trinajstić information content (AvgIpc) is 3.54. The molecule has 12 nitrogen and oxygen atoms in total. The van der Waals surface area contributed by atoms with Crippen molar-refractivity contribution in [1.82, 2.24) is 20.2 Å². The summed E-state index contributed by atoms with van der Waals surface area (Å²) in [6.45, 7) is 0.615. The van der Waals surface area contributed by atoms with Gasteiger partial charge in [-0.3, -0.25) is 14.4 Å². The molecule has 4 bridgehead atoms. The zero-order valence-electron chi connectivity index (χ0n) is 27.6. The average molecular weight is 678 g/mol. The van der Waals surface area contributed by atoms with Crippen molar-refractivity contribution in [1.29, 1.82) is 0 Å². The van der Waals surface area contributed by atoms with E-state index in [9.17, 15) is 34.2 Å². The second kappa shape index (κ2) is 13.1. The Balaban J connectivity index is 1.17. The smallest absolute Gasteiger partial charge is 0.335 e. The first-order valence-electron chi connectivity index (χ1n) is 17.0. The van der Waals surface area contributed by atoms with Crippen molar-refractivity contribution >= 4 is 46.4 Å². The molecule has 1 aromatic heterocycles. The maximum Gasteiger partial charge on any atom is 0.335 e. The Bertz CT molecular complexity index is 1940. The Kier molecular flexibility index (Phi) is 8.63. The van der Waals surface area contributed by atoms with E-state index in [1.54, 1.807) is 48.3 Å². The first-order valence-corrected chi connectivity index (χ1v) is 17.0. The molecule has 12 heteroatoms. The van der Waals surface area contributed by atoms with Crippen LogP contribution in [-0.2, 0) is 11.2 Å². The fraction of sp³-hybridized carbons (Fsp3) is 0.368. The number of carboxylic acid groups (broad SMARTS) is 2. The fourth-order valence-electron chi connectivity index (χ4n) is 9.08. The van der Waals surface area contributed by atoms with E-state index in [0.29, 0.717) is 17.6 Å². The third kappa shape index (κ3) is 6.70. The van der Waals surface area contributed by atoms with Gasteiger partial charge in [-0.1, -0.05) is 30.3 Å². The Morgan fingerprint density at radius 3 is 2.10 bits per heavy atom. The minimum Gasteiger partial charge on any atom is -0.478 e. The zero-order chi connectivity index (χ0) is 35.2. The van der Waals surface area contributed by atoms with Crippen LogP contribution in [0.1, 0.15) is 85.5 Å². The van der Waals surface area contributed by atoms with Gasteiger partial charge in [-0.25, -0.2) is 14.6 Å². The molecule has 1 heterocycles. The molecule has 4 saturated carbocycles. The number of nitrogens with zero attached hydrogens (tertiary/aromatic N) is 2. The van der Waals surface area contributed by atoms with Gasteiger partial charge >= 0.3 is 11.9 Å². The van der Waals surface area contributed by atoms with Crippen LogP contribution < -0.4 is 10.6 Å². The van der Waals surface area contributed by atoms with Gasteiger partial charge in [-0.05, 0) is 97.6 Å². The monoisotopic (exact) mass is 677 g/mol. The summed E-state index contributed by atoms with van der Waals surface area (Å²) in [6.07, 6.45) is 8.81. The summed E-state index contributed by atoms with van der Waals surface area (Å²) in [7, 11) is 1.79. The van der Waals surface area contributed by atoms with Gasteiger partial charge in [-0.15, -0.1) is 0 Å². The Hall–Kier alpha value is -5.52. The van der Waals surface area contributed by atoms with Crippen molar-refractivity contribution in [3.63, 3.8) is 0 Å². The second-order valence-corrected chi connectivity index (χ2v) is 14.5. The van der Waals surface area contributed by atoms with Crippen LogP contribution in [0.15, 0.2) is 67.0 Å². The molecule has 8 rings (SSSR count). The van der Waals surface area contributed by atoms with E-state index < -0.39 is 29.8 Å². The topological polar surface area (TPSA) is 182 Å². The number of anilines is 1. The molecule has 50 heavy (non-hydrogen) atoms. The molecule has 258 valence electrons. The summed E-state index contributed by atoms with van der Waals surface area (Å²) in [5.74, 6) is -2.21. The maximum atomic E-state index is 14.2. The standard InChI is InChI=1S/C38H39N5O7/c1-43(19-38-16-22-7-23(17-38)9-24(8-22)18-38)35(46)29-15-31-30(39-20-40-31)14-28(29)33(44)42-32(10-21-5-3-2-4-6-21)34(45)41-27-12-25(36(47)48)11-26(13-27)37(49)50/h2-6,11-15,20,22-24,32H,7-10,16-19H2,1H3,(H,39,40)(H,41,45)(H,42,44)(H,47,48)(H,49,50)/t22?,23?,24?,32-,38?/m0/s1. The fourth-order valence-corrected chi connectivity index (χ4v) is 9.08. The Morgan fingerprint density at radius 1 is 0.880 bits per heavy atom. The van der Waals surface area contributed by atoms with E-state index in [0.717, 1.165) is 60.8 Å². The summed E-state index contributed by atoms with van der Waals surface area (Å²) in [6, 6.07) is 14.3. The maximum absolute atomic E-state index is 14.2. The van der Waals surface area contributed by atoms with E-state index in [4.69, 9.17) is 0 Å². The quantitative estimate of drug-likeness (QED) is 0.143. The number of benzene rings is 3. The van der Waals surface area contributed by atoms with Crippen molar-refractivity contribution < 1.29 is 34.2 Å². The molecule has 0 radical (unpaired) electrons. The molecule has 4 fully saturated rings. The molecule has 0 spiro atoms. The molecule has 1 atom stereocenters. The lowest BCUT2D eigenvalue weighted by molar-refractivity contribution is -0.118. The number of hydrogen-bond acceptors (Lipinski definition) is 6. The molecule has 0 aliphatic heterocycles. The summed E-state index contributed by atoms with van der Waals surface area (Å²) in [5.41, 5.74) is 1.45. The number of hydrogen-bond donors (Lipinski definition) is 5. The number of nitrogens with one attached hydrogen (secondary N) is 3. The van der Waals surface area contributed by atoms with E-state index >= 15 is 0 Å². The van der Waals surface area contributed by atoms with Crippen LogP contribution in [0.5, 0.6) is 0 Å². The van der Waals surface area contributed by atoms with Crippen LogP contribution in [0.25, 0.3) is 11.0 Å². The summed E-state index contributed by atoms with van der Waals surface area (Å²) < 4.78 is 0. The van der Waals surface area contributed by atoms with Gasteiger partial charge in [0.15, 0.2) is 0 Å². The van der Waals surface area contributed by atoms with Crippen LogP contribution in [0.4, 0.5) is 5.69 Å². The van der Waals surface area contributed by atoms with Gasteiger partial charge in [0, 0.05) is 25.7 Å². The Labute approximate surface area is 288 Å². The lowest BCUT2D eigenvalue weighted by Crippen LogP contribution is -2.51. The summed E-state index contributed by atoms with van der Waals surface area (Å²) in [4.78, 5) is 74.6. The molecule has 5 N–H and O–H groups in total. The highest BCUT2D eigenvalue weighted by molar-refractivity contribution is 6.11. The van der Waals surface area contributed by atoms with Crippen LogP contribution in [0.3, 0.4) is 0 Å². The number of carbonyl (C=O) groups excluding carboxylic acids is 3. The molecule has 4 aromatic rings. The highest BCUT2D eigenvalue weighted by atomic mass is 16.4. The number of imidazole rings is 1. The molecule has 3 aromatic carbocycles. The minimum atomic E-state index is -1.36. The summed E-state index contributed by atoms with van der Waals surface area (Å²) in [5, 5.41) is 24.4. The number of carbonyl (C=O) groups is 5. The van der Waals surface area contributed by atoms with Crippen LogP contribution in [-0.4, -0.2) is 74.4 Å². The number of amides is 3. The van der Waals surface area contributed by atoms with Crippen molar-refractivity contribution in [2.24, 2.45) is 23.2 Å². The van der Waals surface area contributed by atoms with Crippen molar-refractivity contribution in [3.05, 3.63) is 94.8 Å².